The molecule has 0 fully saturated rings. The molecule has 122 valence electrons. The van der Waals surface area contributed by atoms with Crippen molar-refractivity contribution in [2.24, 2.45) is 5.92 Å². The third-order valence-electron chi connectivity index (χ3n) is 3.62. The molecule has 23 heavy (non-hydrogen) atoms. The molecule has 0 bridgehead atoms. The topological polar surface area (TPSA) is 46.9 Å². The molecule has 0 saturated heterocycles. The Balaban J connectivity index is 1.88. The van der Waals surface area contributed by atoms with Gasteiger partial charge in [0.25, 0.3) is 0 Å². The number of hydrogen-bond acceptors (Lipinski definition) is 2. The Labute approximate surface area is 138 Å². The van der Waals surface area contributed by atoms with Gasteiger partial charge in [-0.1, -0.05) is 32.0 Å². The molecular weight excluding hydrogens is 286 g/mol. The van der Waals surface area contributed by atoms with Gasteiger partial charge in [0.15, 0.2) is 0 Å². The number of nitrogens with zero attached hydrogens (tertiary/aromatic N) is 2. The number of hydrogen-bond donors (Lipinski definition) is 1. The van der Waals surface area contributed by atoms with Gasteiger partial charge in [-0.15, -0.1) is 0 Å². The smallest absolute Gasteiger partial charge is 0.244 e. The summed E-state index contributed by atoms with van der Waals surface area (Å²) in [5, 5.41) is 7.30. The minimum absolute atomic E-state index is 0.0614. The summed E-state index contributed by atoms with van der Waals surface area (Å²) in [5.74, 6) is 0.599. The fourth-order valence-electron chi connectivity index (χ4n) is 2.26. The van der Waals surface area contributed by atoms with Crippen LogP contribution in [0.3, 0.4) is 0 Å². The highest BCUT2D eigenvalue weighted by atomic mass is 16.1. The largest absolute Gasteiger partial charge is 0.350 e. The molecule has 1 N–H and O–H groups in total. The van der Waals surface area contributed by atoms with Crippen LogP contribution in [-0.4, -0.2) is 21.7 Å². The lowest BCUT2D eigenvalue weighted by atomic mass is 10.0. The fraction of sp³-hybridized carbons (Fsp3) is 0.368. The number of amides is 1. The molecule has 2 rings (SSSR count). The highest BCUT2D eigenvalue weighted by Crippen LogP contribution is 2.09. The summed E-state index contributed by atoms with van der Waals surface area (Å²) in [5.41, 5.74) is 1.90. The molecule has 4 nitrogen and oxygen atoms in total. The van der Waals surface area contributed by atoms with Crippen molar-refractivity contribution in [2.45, 2.75) is 39.7 Å². The first-order valence-corrected chi connectivity index (χ1v) is 8.13. The van der Waals surface area contributed by atoms with E-state index in [0.29, 0.717) is 5.92 Å². The standard InChI is InChI=1S/C19H25N3O/c1-15(2)9-10-16(3)21-19(23)12-11-17-13-20-22(14-17)18-7-5-4-6-8-18/h4-8,11-16H,9-10H2,1-3H3,(H,21,23)/b12-11+. The Morgan fingerprint density at radius 1 is 1.22 bits per heavy atom. The molecule has 0 radical (unpaired) electrons. The lowest BCUT2D eigenvalue weighted by Gasteiger charge is -2.13. The van der Waals surface area contributed by atoms with E-state index in [1.165, 1.54) is 0 Å². The van der Waals surface area contributed by atoms with Crippen molar-refractivity contribution in [3.63, 3.8) is 0 Å². The first-order chi connectivity index (χ1) is 11.0. The third kappa shape index (κ3) is 5.74. The number of nitrogens with one attached hydrogen (secondary N) is 1. The van der Waals surface area contributed by atoms with Crippen molar-refractivity contribution in [1.29, 1.82) is 0 Å². The van der Waals surface area contributed by atoms with Crippen LogP contribution in [0.25, 0.3) is 11.8 Å². The maximum atomic E-state index is 11.9. The molecule has 0 aliphatic carbocycles. The van der Waals surface area contributed by atoms with Gasteiger partial charge in [-0.25, -0.2) is 4.68 Å². The van der Waals surface area contributed by atoms with Gasteiger partial charge < -0.3 is 5.32 Å². The Hall–Kier alpha value is -2.36. The quantitative estimate of drug-likeness (QED) is 0.790. The lowest BCUT2D eigenvalue weighted by molar-refractivity contribution is -0.117. The van der Waals surface area contributed by atoms with Crippen molar-refractivity contribution in [3.05, 3.63) is 54.4 Å². The predicted octanol–water partition coefficient (Wildman–Crippen LogP) is 3.83. The Morgan fingerprint density at radius 3 is 2.65 bits per heavy atom. The van der Waals surface area contributed by atoms with E-state index in [2.05, 4.69) is 24.3 Å². The molecule has 0 aliphatic rings. The molecule has 4 heteroatoms. The van der Waals surface area contributed by atoms with Crippen LogP contribution < -0.4 is 5.32 Å². The SMILES string of the molecule is CC(C)CCC(C)NC(=O)/C=C/c1cnn(-c2ccccc2)c1. The van der Waals surface area contributed by atoms with Gasteiger partial charge in [0.2, 0.25) is 5.91 Å². The van der Waals surface area contributed by atoms with Gasteiger partial charge >= 0.3 is 0 Å². The Kier molecular flexibility index (Phi) is 6.15. The molecular formula is C19H25N3O. The van der Waals surface area contributed by atoms with Crippen LogP contribution in [0.2, 0.25) is 0 Å². The zero-order valence-electron chi connectivity index (χ0n) is 14.1. The molecule has 0 spiro atoms. The number of carbonyl (C=O) groups excluding carboxylic acids is 1. The van der Waals surface area contributed by atoms with E-state index in [1.807, 2.05) is 43.5 Å². The molecule has 0 saturated carbocycles. The molecule has 1 aromatic carbocycles. The summed E-state index contributed by atoms with van der Waals surface area (Å²) >= 11 is 0. The summed E-state index contributed by atoms with van der Waals surface area (Å²) in [4.78, 5) is 11.9. The zero-order chi connectivity index (χ0) is 16.7. The van der Waals surface area contributed by atoms with Crippen LogP contribution in [0.4, 0.5) is 0 Å². The van der Waals surface area contributed by atoms with Crippen molar-refractivity contribution >= 4 is 12.0 Å². The molecule has 1 atom stereocenters. The van der Waals surface area contributed by atoms with Crippen molar-refractivity contribution < 1.29 is 4.79 Å². The van der Waals surface area contributed by atoms with Crippen molar-refractivity contribution in [1.82, 2.24) is 15.1 Å². The fourth-order valence-corrected chi connectivity index (χ4v) is 2.26. The number of para-hydroxylation sites is 1. The number of benzene rings is 1. The summed E-state index contributed by atoms with van der Waals surface area (Å²) in [6.07, 6.45) is 9.13. The molecule has 0 aliphatic heterocycles. The predicted molar refractivity (Wildman–Crippen MR) is 94.3 cm³/mol. The molecule has 2 aromatic rings. The maximum Gasteiger partial charge on any atom is 0.244 e. The lowest BCUT2D eigenvalue weighted by Crippen LogP contribution is -2.31. The number of carbonyl (C=O) groups is 1. The van der Waals surface area contributed by atoms with E-state index >= 15 is 0 Å². The maximum absolute atomic E-state index is 11.9. The Bertz CT molecular complexity index is 644. The van der Waals surface area contributed by atoms with Crippen LogP contribution >= 0.6 is 0 Å². The highest BCUT2D eigenvalue weighted by Gasteiger charge is 2.06. The van der Waals surface area contributed by atoms with Crippen molar-refractivity contribution in [3.8, 4) is 5.69 Å². The van der Waals surface area contributed by atoms with Crippen LogP contribution in [0.15, 0.2) is 48.8 Å². The second-order valence-corrected chi connectivity index (χ2v) is 6.27. The van der Waals surface area contributed by atoms with E-state index in [-0.39, 0.29) is 11.9 Å². The van der Waals surface area contributed by atoms with Gasteiger partial charge in [0.1, 0.15) is 0 Å². The van der Waals surface area contributed by atoms with E-state index in [9.17, 15) is 4.79 Å². The first-order valence-electron chi connectivity index (χ1n) is 8.13. The zero-order valence-corrected chi connectivity index (χ0v) is 14.1. The number of rotatable bonds is 7. The van der Waals surface area contributed by atoms with Gasteiger partial charge in [0.05, 0.1) is 11.9 Å². The van der Waals surface area contributed by atoms with E-state index in [4.69, 9.17) is 0 Å². The summed E-state index contributed by atoms with van der Waals surface area (Å²) in [6.45, 7) is 6.43. The van der Waals surface area contributed by atoms with Gasteiger partial charge in [-0.3, -0.25) is 4.79 Å². The summed E-state index contributed by atoms with van der Waals surface area (Å²) in [6, 6.07) is 10.1. The van der Waals surface area contributed by atoms with Crippen LogP contribution in [0.5, 0.6) is 0 Å². The normalized spacial score (nSPS) is 12.7. The summed E-state index contributed by atoms with van der Waals surface area (Å²) < 4.78 is 1.79. The van der Waals surface area contributed by atoms with Gasteiger partial charge in [-0.2, -0.15) is 5.10 Å². The van der Waals surface area contributed by atoms with Crippen molar-refractivity contribution in [2.75, 3.05) is 0 Å². The average molecular weight is 311 g/mol. The highest BCUT2D eigenvalue weighted by molar-refractivity contribution is 5.91. The number of aromatic nitrogens is 2. The second-order valence-electron chi connectivity index (χ2n) is 6.27. The van der Waals surface area contributed by atoms with E-state index in [0.717, 1.165) is 24.1 Å². The average Bonchev–Trinajstić information content (AvgIpc) is 3.01. The third-order valence-corrected chi connectivity index (χ3v) is 3.62. The summed E-state index contributed by atoms with van der Waals surface area (Å²) in [7, 11) is 0. The minimum Gasteiger partial charge on any atom is -0.350 e. The molecule has 1 aromatic heterocycles. The minimum atomic E-state index is -0.0614. The second kappa shape index (κ2) is 8.32. The Morgan fingerprint density at radius 2 is 1.96 bits per heavy atom. The van der Waals surface area contributed by atoms with Gasteiger partial charge in [0, 0.05) is 23.9 Å². The molecule has 1 heterocycles. The van der Waals surface area contributed by atoms with Crippen LogP contribution in [0, 0.1) is 5.92 Å². The monoisotopic (exact) mass is 311 g/mol. The first kappa shape index (κ1) is 17.0. The van der Waals surface area contributed by atoms with E-state index < -0.39 is 0 Å². The van der Waals surface area contributed by atoms with E-state index in [1.54, 1.807) is 23.0 Å². The van der Waals surface area contributed by atoms with Crippen LogP contribution in [-0.2, 0) is 4.79 Å². The molecule has 1 amide bonds. The molecule has 1 unspecified atom stereocenters. The van der Waals surface area contributed by atoms with Crippen LogP contribution in [0.1, 0.15) is 39.2 Å². The van der Waals surface area contributed by atoms with Gasteiger partial charge in [-0.05, 0) is 43.9 Å².